The molecule has 0 aliphatic rings. The average Bonchev–Trinajstić information content (AvgIpc) is 1.69. The van der Waals surface area contributed by atoms with Gasteiger partial charge in [-0.2, -0.15) is 0 Å². The molecule has 0 atom stereocenters. The molecule has 11 heavy (non-hydrogen) atoms. The zero-order chi connectivity index (χ0) is 6.99. The third-order valence-corrected chi connectivity index (χ3v) is 0.287. The molecule has 0 spiro atoms. The molecule has 0 aliphatic carbocycles. The van der Waals surface area contributed by atoms with Crippen molar-refractivity contribution in [1.29, 1.82) is 0 Å². The van der Waals surface area contributed by atoms with Crippen molar-refractivity contribution < 1.29 is 9.53 Å². The highest BCUT2D eigenvalue weighted by Crippen LogP contribution is 1.60. The monoisotopic (exact) mass is 166 g/mol. The maximum Gasteiger partial charge on any atom is 0.302 e. The molecular weight excluding hydrogens is 140 g/mol. The van der Waals surface area contributed by atoms with Gasteiger partial charge in [0.2, 0.25) is 0 Å². The summed E-state index contributed by atoms with van der Waals surface area (Å²) in [5.74, 6) is -0.245. The Morgan fingerprint density at radius 2 is 1.27 bits per heavy atom. The first-order valence-electron chi connectivity index (χ1n) is 2.73. The summed E-state index contributed by atoms with van der Waals surface area (Å²) in [6, 6.07) is 0. The van der Waals surface area contributed by atoms with E-state index in [1.807, 2.05) is 0 Å². The van der Waals surface area contributed by atoms with Crippen LogP contribution in [0.5, 0.6) is 0 Å². The van der Waals surface area contributed by atoms with Crippen molar-refractivity contribution in [2.24, 2.45) is 0 Å². The summed E-state index contributed by atoms with van der Waals surface area (Å²) >= 11 is 0. The highest BCUT2D eigenvalue weighted by Gasteiger charge is 1.75. The van der Waals surface area contributed by atoms with Crippen LogP contribution in [-0.2, 0) is 9.53 Å². The number of esters is 1. The molecule has 74 valence electrons. The largest absolute Gasteiger partial charge is 0.469 e. The van der Waals surface area contributed by atoms with E-state index in [0.717, 1.165) is 0 Å². The van der Waals surface area contributed by atoms with Crippen LogP contribution in [0.25, 0.3) is 0 Å². The zero-order valence-electron chi connectivity index (χ0n) is 6.02. The van der Waals surface area contributed by atoms with Crippen LogP contribution in [0.4, 0.5) is 0 Å². The Morgan fingerprint density at radius 1 is 1.18 bits per heavy atom. The average molecular weight is 166 g/mol. The van der Waals surface area contributed by atoms with Gasteiger partial charge in [0.25, 0.3) is 0 Å². The molecule has 0 saturated carbocycles. The summed E-state index contributed by atoms with van der Waals surface area (Å²) in [6.45, 7) is 5.61. The summed E-state index contributed by atoms with van der Waals surface area (Å²) in [4.78, 5) is 9.59. The van der Waals surface area contributed by atoms with Gasteiger partial charge in [0.15, 0.2) is 0 Å². The Kier molecular flexibility index (Phi) is 97.0. The van der Waals surface area contributed by atoms with Gasteiger partial charge in [-0.15, -0.1) is 0 Å². The molecule has 0 rings (SSSR count). The van der Waals surface area contributed by atoms with Crippen LogP contribution in [0.3, 0.4) is 0 Å². The molecule has 0 aromatic heterocycles. The second-order valence-electron chi connectivity index (χ2n) is 1.40. The molecule has 2 nitrogen and oxygen atoms in total. The van der Waals surface area contributed by atoms with E-state index in [1.54, 1.807) is 0 Å². The summed E-state index contributed by atoms with van der Waals surface area (Å²) < 4.78 is 4.11. The smallest absolute Gasteiger partial charge is 0.302 e. The van der Waals surface area contributed by atoms with Crippen LogP contribution < -0.4 is 0 Å². The predicted octanol–water partition coefficient (Wildman–Crippen LogP) is 3.50. The van der Waals surface area contributed by atoms with E-state index in [-0.39, 0.29) is 28.2 Å². The molecule has 0 bridgehead atoms. The zero-order valence-corrected chi connectivity index (χ0v) is 6.02. The van der Waals surface area contributed by atoms with Crippen molar-refractivity contribution in [1.82, 2.24) is 0 Å². The maximum absolute atomic E-state index is 9.59. The van der Waals surface area contributed by atoms with E-state index in [2.05, 4.69) is 18.6 Å². The standard InChI is InChI=1S/C3H6O2.C3H8.3CH4/c1-3(4)5-2;1-3-2;;;/h1-2H3;3H2,1-2H3;3*1H4. The number of carbonyl (C=O) groups excluding carboxylic acids is 1. The molecule has 0 aliphatic heterocycles. The lowest BCUT2D eigenvalue weighted by Crippen LogP contribution is -1.88. The number of ether oxygens (including phenoxy) is 1. The van der Waals surface area contributed by atoms with E-state index in [9.17, 15) is 4.79 Å². The normalized spacial score (nSPS) is 4.73. The number of rotatable bonds is 0. The molecular formula is C9H26O2. The lowest BCUT2D eigenvalue weighted by molar-refractivity contribution is -0.137. The summed E-state index contributed by atoms with van der Waals surface area (Å²) in [7, 11) is 1.35. The van der Waals surface area contributed by atoms with Gasteiger partial charge >= 0.3 is 5.97 Å². The second kappa shape index (κ2) is 34.0. The van der Waals surface area contributed by atoms with Crippen LogP contribution in [-0.4, -0.2) is 13.1 Å². The van der Waals surface area contributed by atoms with Crippen molar-refractivity contribution in [3.05, 3.63) is 0 Å². The van der Waals surface area contributed by atoms with Crippen molar-refractivity contribution in [3.63, 3.8) is 0 Å². The van der Waals surface area contributed by atoms with E-state index in [1.165, 1.54) is 20.5 Å². The Morgan fingerprint density at radius 3 is 1.27 bits per heavy atom. The van der Waals surface area contributed by atoms with Crippen LogP contribution >= 0.6 is 0 Å². The van der Waals surface area contributed by atoms with Crippen LogP contribution in [0.1, 0.15) is 49.5 Å². The van der Waals surface area contributed by atoms with Crippen LogP contribution in [0.15, 0.2) is 0 Å². The van der Waals surface area contributed by atoms with Gasteiger partial charge in [0.1, 0.15) is 0 Å². The third-order valence-electron chi connectivity index (χ3n) is 0.287. The summed E-state index contributed by atoms with van der Waals surface area (Å²) in [5, 5.41) is 0. The van der Waals surface area contributed by atoms with Gasteiger partial charge < -0.3 is 4.74 Å². The van der Waals surface area contributed by atoms with E-state index >= 15 is 0 Å². The fourth-order valence-electron chi connectivity index (χ4n) is 0. The van der Waals surface area contributed by atoms with Gasteiger partial charge in [-0.05, 0) is 0 Å². The minimum atomic E-state index is -0.245. The first-order chi connectivity index (χ1) is 3.68. The lowest BCUT2D eigenvalue weighted by atomic mass is 10.6. The van der Waals surface area contributed by atoms with E-state index in [0.29, 0.717) is 0 Å². The van der Waals surface area contributed by atoms with Gasteiger partial charge in [-0.3, -0.25) is 4.79 Å². The molecule has 0 unspecified atom stereocenters. The molecule has 0 saturated heterocycles. The second-order valence-corrected chi connectivity index (χ2v) is 1.40. The minimum Gasteiger partial charge on any atom is -0.469 e. The first-order valence-corrected chi connectivity index (χ1v) is 2.73. The Balaban J connectivity index is -0.0000000183. The molecule has 0 aromatic carbocycles. The van der Waals surface area contributed by atoms with Crippen LogP contribution in [0, 0.1) is 0 Å². The van der Waals surface area contributed by atoms with E-state index in [4.69, 9.17) is 0 Å². The molecule has 0 aromatic rings. The lowest BCUT2D eigenvalue weighted by Gasteiger charge is -1.80. The molecule has 0 heterocycles. The SMILES string of the molecule is C.C.C.CCC.COC(C)=O. The molecule has 0 amide bonds. The van der Waals surface area contributed by atoms with Crippen molar-refractivity contribution in [3.8, 4) is 0 Å². The van der Waals surface area contributed by atoms with Gasteiger partial charge in [-0.1, -0.05) is 42.5 Å². The molecule has 0 radical (unpaired) electrons. The number of methoxy groups -OCH3 is 1. The first kappa shape index (κ1) is 31.4. The predicted molar refractivity (Wildman–Crippen MR) is 53.8 cm³/mol. The van der Waals surface area contributed by atoms with E-state index < -0.39 is 0 Å². The quantitative estimate of drug-likeness (QED) is 0.515. The molecule has 2 heteroatoms. The van der Waals surface area contributed by atoms with Gasteiger partial charge in [0, 0.05) is 6.92 Å². The minimum absolute atomic E-state index is 0. The van der Waals surface area contributed by atoms with Crippen molar-refractivity contribution >= 4 is 5.97 Å². The number of carbonyl (C=O) groups is 1. The highest BCUT2D eigenvalue weighted by atomic mass is 16.5. The molecule has 0 fully saturated rings. The Hall–Kier alpha value is -0.530. The third kappa shape index (κ3) is 245. The highest BCUT2D eigenvalue weighted by molar-refractivity contribution is 5.65. The van der Waals surface area contributed by atoms with Gasteiger partial charge in [0.05, 0.1) is 7.11 Å². The maximum atomic E-state index is 9.59. The summed E-state index contributed by atoms with van der Waals surface area (Å²) in [5.41, 5.74) is 0. The fourth-order valence-corrected chi connectivity index (χ4v) is 0. The topological polar surface area (TPSA) is 26.3 Å². The van der Waals surface area contributed by atoms with Crippen molar-refractivity contribution in [2.45, 2.75) is 49.5 Å². The Bertz CT molecular complexity index is 51.5. The van der Waals surface area contributed by atoms with Crippen LogP contribution in [0.2, 0.25) is 0 Å². The van der Waals surface area contributed by atoms with Crippen molar-refractivity contribution in [2.75, 3.05) is 7.11 Å². The number of hydrogen-bond donors (Lipinski definition) is 0. The molecule has 0 N–H and O–H groups in total. The number of hydrogen-bond acceptors (Lipinski definition) is 2. The Labute approximate surface area is 73.0 Å². The van der Waals surface area contributed by atoms with Gasteiger partial charge in [-0.25, -0.2) is 0 Å². The summed E-state index contributed by atoms with van der Waals surface area (Å²) in [6.07, 6.45) is 1.25. The fraction of sp³-hybridized carbons (Fsp3) is 0.889.